The fourth-order valence-electron chi connectivity index (χ4n) is 4.50. The molecule has 2 heterocycles. The van der Waals surface area contributed by atoms with Crippen LogP contribution >= 0.6 is 0 Å². The topological polar surface area (TPSA) is 105 Å². The van der Waals surface area contributed by atoms with Crippen LogP contribution in [0.4, 0.5) is 0 Å². The fourth-order valence-corrected chi connectivity index (χ4v) is 4.50. The molecule has 2 saturated carbocycles. The number of fused-ring (bicyclic) bond motifs is 1. The molecule has 162 valence electrons. The van der Waals surface area contributed by atoms with Crippen LogP contribution in [0.3, 0.4) is 0 Å². The van der Waals surface area contributed by atoms with Crippen molar-refractivity contribution in [3.8, 4) is 0 Å². The zero-order valence-corrected chi connectivity index (χ0v) is 17.5. The fraction of sp³-hybridized carbons (Fsp3) is 0.810. The van der Waals surface area contributed by atoms with Crippen molar-refractivity contribution in [2.75, 3.05) is 13.2 Å². The lowest BCUT2D eigenvalue weighted by molar-refractivity contribution is -0.183. The van der Waals surface area contributed by atoms with Crippen LogP contribution in [0.2, 0.25) is 0 Å². The predicted molar refractivity (Wildman–Crippen MR) is 99.3 cm³/mol. The largest absolute Gasteiger partial charge is 0.462 e. The Morgan fingerprint density at radius 2 is 1.76 bits per heavy atom. The van der Waals surface area contributed by atoms with E-state index in [1.54, 1.807) is 13.8 Å². The molecule has 4 bridgehead atoms. The number of hydrogen-bond acceptors (Lipinski definition) is 8. The average molecular weight is 410 g/mol. The second-order valence-electron chi connectivity index (χ2n) is 9.48. The normalized spacial score (nSPS) is 30.5. The number of carbonyl (C=O) groups excluding carboxylic acids is 4. The van der Waals surface area contributed by atoms with Gasteiger partial charge in [0.25, 0.3) is 0 Å². The first-order valence-corrected chi connectivity index (χ1v) is 10.3. The number of hydrogen-bond donors (Lipinski definition) is 0. The molecule has 0 radical (unpaired) electrons. The molecule has 4 rings (SSSR count). The molecule has 8 heteroatoms. The van der Waals surface area contributed by atoms with E-state index < -0.39 is 42.1 Å². The smallest absolute Gasteiger partial charge is 0.344 e. The van der Waals surface area contributed by atoms with Gasteiger partial charge in [-0.05, 0) is 44.9 Å². The molecule has 0 N–H and O–H groups in total. The molecule has 0 aromatic heterocycles. The summed E-state index contributed by atoms with van der Waals surface area (Å²) in [5.74, 6) is -2.06. The molecule has 0 aromatic rings. The number of rotatable bonds is 7. The third-order valence-corrected chi connectivity index (χ3v) is 6.68. The Morgan fingerprint density at radius 1 is 1.07 bits per heavy atom. The first-order valence-electron chi connectivity index (χ1n) is 10.3. The Bertz CT molecular complexity index is 697. The lowest BCUT2D eigenvalue weighted by atomic mass is 9.65. The van der Waals surface area contributed by atoms with E-state index >= 15 is 0 Å². The maximum absolute atomic E-state index is 12.3. The molecule has 2 aliphatic heterocycles. The molecule has 0 aromatic carbocycles. The summed E-state index contributed by atoms with van der Waals surface area (Å²) in [6.45, 7) is 6.15. The van der Waals surface area contributed by atoms with E-state index in [2.05, 4.69) is 0 Å². The van der Waals surface area contributed by atoms with Crippen molar-refractivity contribution in [3.63, 3.8) is 0 Å². The molecule has 4 fully saturated rings. The van der Waals surface area contributed by atoms with E-state index in [0.717, 1.165) is 12.8 Å². The van der Waals surface area contributed by atoms with Crippen molar-refractivity contribution in [2.24, 2.45) is 23.2 Å². The van der Waals surface area contributed by atoms with Crippen molar-refractivity contribution in [1.29, 1.82) is 0 Å². The lowest BCUT2D eigenvalue weighted by Crippen LogP contribution is -2.48. The third kappa shape index (κ3) is 4.73. The van der Waals surface area contributed by atoms with Gasteiger partial charge in [-0.1, -0.05) is 13.8 Å². The van der Waals surface area contributed by atoms with Gasteiger partial charge in [-0.2, -0.15) is 0 Å². The number of carbonyl (C=O) groups is 4. The summed E-state index contributed by atoms with van der Waals surface area (Å²) in [6, 6.07) is 0. The minimum atomic E-state index is -0.809. The summed E-state index contributed by atoms with van der Waals surface area (Å²) in [7, 11) is 0. The van der Waals surface area contributed by atoms with Gasteiger partial charge in [-0.15, -0.1) is 0 Å². The van der Waals surface area contributed by atoms with Gasteiger partial charge in [0.05, 0.1) is 11.3 Å². The van der Waals surface area contributed by atoms with Crippen LogP contribution in [0.1, 0.15) is 59.8 Å². The first-order chi connectivity index (χ1) is 13.5. The SMILES string of the molecule is CC(C)C(C)(C)C(=O)OCC(=O)OCC(=O)OC12CC3CC(C1)OC(=O)C(C3)C2. The van der Waals surface area contributed by atoms with Gasteiger partial charge in [0.15, 0.2) is 13.2 Å². The van der Waals surface area contributed by atoms with Gasteiger partial charge < -0.3 is 18.9 Å². The standard InChI is InChI=1S/C21H30O8/c1-12(2)20(3,4)19(25)27-10-16(22)26-11-17(23)29-21-7-13-5-14(8-21)18(24)28-15(6-13)9-21/h12-15H,5-11H2,1-4H3. The highest BCUT2D eigenvalue weighted by molar-refractivity contribution is 5.81. The Kier molecular flexibility index (Phi) is 5.92. The van der Waals surface area contributed by atoms with Crippen LogP contribution in [0.15, 0.2) is 0 Å². The molecular weight excluding hydrogens is 380 g/mol. The molecule has 0 spiro atoms. The summed E-state index contributed by atoms with van der Waals surface area (Å²) in [5.41, 5.74) is -1.45. The van der Waals surface area contributed by atoms with Gasteiger partial charge in [0.2, 0.25) is 0 Å². The maximum atomic E-state index is 12.3. The summed E-state index contributed by atoms with van der Waals surface area (Å²) >= 11 is 0. The average Bonchev–Trinajstić information content (AvgIpc) is 2.78. The summed E-state index contributed by atoms with van der Waals surface area (Å²) in [5, 5.41) is 0. The Labute approximate surface area is 170 Å². The first kappa shape index (κ1) is 21.6. The van der Waals surface area contributed by atoms with Gasteiger partial charge in [0, 0.05) is 12.8 Å². The van der Waals surface area contributed by atoms with Crippen LogP contribution in [-0.2, 0) is 38.1 Å². The second-order valence-corrected chi connectivity index (χ2v) is 9.48. The van der Waals surface area contributed by atoms with E-state index in [1.165, 1.54) is 0 Å². The highest BCUT2D eigenvalue weighted by Gasteiger charge is 2.54. The third-order valence-electron chi connectivity index (χ3n) is 6.68. The lowest BCUT2D eigenvalue weighted by Gasteiger charge is -2.45. The van der Waals surface area contributed by atoms with Gasteiger partial charge in [0.1, 0.15) is 11.7 Å². The molecule has 4 atom stereocenters. The highest BCUT2D eigenvalue weighted by atomic mass is 16.6. The minimum absolute atomic E-state index is 0.0428. The number of esters is 4. The quantitative estimate of drug-likeness (QED) is 0.464. The van der Waals surface area contributed by atoms with Crippen LogP contribution in [-0.4, -0.2) is 48.8 Å². The molecular formula is C21H30O8. The zero-order valence-electron chi connectivity index (χ0n) is 17.5. The maximum Gasteiger partial charge on any atom is 0.344 e. The predicted octanol–water partition coefficient (Wildman–Crippen LogP) is 2.17. The van der Waals surface area contributed by atoms with Crippen molar-refractivity contribution >= 4 is 23.9 Å². The molecule has 4 unspecified atom stereocenters. The zero-order chi connectivity index (χ0) is 21.4. The van der Waals surface area contributed by atoms with Crippen molar-refractivity contribution in [2.45, 2.75) is 71.5 Å². The molecule has 8 nitrogen and oxygen atoms in total. The van der Waals surface area contributed by atoms with E-state index in [0.29, 0.717) is 25.2 Å². The Balaban J connectivity index is 1.46. The van der Waals surface area contributed by atoms with E-state index in [4.69, 9.17) is 18.9 Å². The Morgan fingerprint density at radius 3 is 2.45 bits per heavy atom. The second kappa shape index (κ2) is 7.95. The summed E-state index contributed by atoms with van der Waals surface area (Å²) < 4.78 is 21.1. The van der Waals surface area contributed by atoms with E-state index in [9.17, 15) is 19.2 Å². The van der Waals surface area contributed by atoms with Gasteiger partial charge in [-0.3, -0.25) is 9.59 Å². The molecule has 2 aliphatic carbocycles. The minimum Gasteiger partial charge on any atom is -0.462 e. The molecule has 0 amide bonds. The van der Waals surface area contributed by atoms with Gasteiger partial charge in [-0.25, -0.2) is 9.59 Å². The molecule has 29 heavy (non-hydrogen) atoms. The summed E-state index contributed by atoms with van der Waals surface area (Å²) in [4.78, 5) is 48.3. The van der Waals surface area contributed by atoms with Crippen molar-refractivity contribution < 1.29 is 38.1 Å². The molecule has 4 aliphatic rings. The van der Waals surface area contributed by atoms with Crippen LogP contribution in [0, 0.1) is 23.2 Å². The van der Waals surface area contributed by atoms with Crippen molar-refractivity contribution in [3.05, 3.63) is 0 Å². The van der Waals surface area contributed by atoms with Crippen molar-refractivity contribution in [1.82, 2.24) is 0 Å². The monoisotopic (exact) mass is 410 g/mol. The Hall–Kier alpha value is -2.12. The van der Waals surface area contributed by atoms with E-state index in [1.807, 2.05) is 13.8 Å². The van der Waals surface area contributed by atoms with Crippen LogP contribution in [0.5, 0.6) is 0 Å². The van der Waals surface area contributed by atoms with Crippen LogP contribution in [0.25, 0.3) is 0 Å². The van der Waals surface area contributed by atoms with Gasteiger partial charge >= 0.3 is 23.9 Å². The summed E-state index contributed by atoms with van der Waals surface area (Å²) in [6.07, 6.45) is 3.04. The molecule has 2 saturated heterocycles. The van der Waals surface area contributed by atoms with E-state index in [-0.39, 0.29) is 23.9 Å². The van der Waals surface area contributed by atoms with Crippen LogP contribution < -0.4 is 0 Å². The highest BCUT2D eigenvalue weighted by Crippen LogP contribution is 2.51. The number of ether oxygens (including phenoxy) is 4.